The molecule has 2 aliphatic carbocycles. The van der Waals surface area contributed by atoms with Gasteiger partial charge in [-0.05, 0) is 50.4 Å². The number of nitrogens with two attached hydrogens (primary N) is 1. The van der Waals surface area contributed by atoms with Gasteiger partial charge in [0.15, 0.2) is 0 Å². The SMILES string of the molecule is [CH2-][NH2+][C@@]1(C)CC[C@@H]2C(C)=CC[C@H](C(C)C)[C@@H]2C1. The van der Waals surface area contributed by atoms with Crippen LogP contribution < -0.4 is 5.32 Å². The second-order valence-electron chi connectivity index (χ2n) is 6.96. The third-order valence-electron chi connectivity index (χ3n) is 5.44. The molecule has 1 fully saturated rings. The highest BCUT2D eigenvalue weighted by Gasteiger charge is 2.44. The summed E-state index contributed by atoms with van der Waals surface area (Å²) in [6, 6.07) is 0. The van der Waals surface area contributed by atoms with E-state index in [0.717, 1.165) is 23.7 Å². The summed E-state index contributed by atoms with van der Waals surface area (Å²) in [7, 11) is 4.07. The zero-order valence-electron chi connectivity index (χ0n) is 12.0. The first-order valence-electron chi connectivity index (χ1n) is 7.27. The number of hydrogen-bond acceptors (Lipinski definition) is 0. The fourth-order valence-corrected chi connectivity index (χ4v) is 4.10. The lowest BCUT2D eigenvalue weighted by Crippen LogP contribution is -2.91. The van der Waals surface area contributed by atoms with Gasteiger partial charge in [-0.3, -0.25) is 0 Å². The highest BCUT2D eigenvalue weighted by atomic mass is 14.9. The number of fused-ring (bicyclic) bond motifs is 1. The van der Waals surface area contributed by atoms with Gasteiger partial charge in [-0.2, -0.15) is 7.05 Å². The number of allylic oxidation sites excluding steroid dienone is 2. The van der Waals surface area contributed by atoms with Crippen molar-refractivity contribution in [2.24, 2.45) is 23.7 Å². The first kappa shape index (κ1) is 13.1. The molecular weight excluding hydrogens is 206 g/mol. The predicted octanol–water partition coefficient (Wildman–Crippen LogP) is 3.14. The normalized spacial score (nSPS) is 42.2. The molecule has 2 N–H and O–H groups in total. The molecule has 0 radical (unpaired) electrons. The van der Waals surface area contributed by atoms with E-state index in [1.165, 1.54) is 25.7 Å². The van der Waals surface area contributed by atoms with E-state index in [9.17, 15) is 0 Å². The molecule has 0 aliphatic heterocycles. The van der Waals surface area contributed by atoms with E-state index < -0.39 is 0 Å². The van der Waals surface area contributed by atoms with E-state index in [1.54, 1.807) is 5.57 Å². The van der Waals surface area contributed by atoms with Gasteiger partial charge >= 0.3 is 0 Å². The van der Waals surface area contributed by atoms with Gasteiger partial charge in [0.25, 0.3) is 0 Å². The smallest absolute Gasteiger partial charge is 0.0698 e. The molecule has 4 atom stereocenters. The Kier molecular flexibility index (Phi) is 3.68. The minimum absolute atomic E-state index is 0.395. The van der Waals surface area contributed by atoms with Gasteiger partial charge in [-0.15, -0.1) is 0 Å². The molecule has 1 saturated carbocycles. The van der Waals surface area contributed by atoms with E-state index in [2.05, 4.69) is 46.1 Å². The van der Waals surface area contributed by atoms with Crippen LogP contribution >= 0.6 is 0 Å². The summed E-state index contributed by atoms with van der Waals surface area (Å²) in [6.07, 6.45) is 7.88. The van der Waals surface area contributed by atoms with Gasteiger partial charge in [-0.25, -0.2) is 0 Å². The van der Waals surface area contributed by atoms with Gasteiger partial charge in [0.1, 0.15) is 0 Å². The Morgan fingerprint density at radius 1 is 1.47 bits per heavy atom. The second kappa shape index (κ2) is 4.76. The summed E-state index contributed by atoms with van der Waals surface area (Å²) < 4.78 is 0. The van der Waals surface area contributed by atoms with Gasteiger partial charge in [0.05, 0.1) is 5.54 Å². The highest BCUT2D eigenvalue weighted by molar-refractivity contribution is 5.14. The van der Waals surface area contributed by atoms with Crippen LogP contribution in [-0.2, 0) is 0 Å². The fraction of sp³-hybridized carbons (Fsp3) is 0.812. The monoisotopic (exact) mass is 235 g/mol. The standard InChI is InChI=1S/C16H29N/c1-11(2)13-7-6-12(3)14-8-9-16(4,17-5)10-15(13)14/h6,11,13-15H,5,7-10,17H2,1-4H3/t13-,14-,15+,16+/m1/s1. The molecule has 0 bridgehead atoms. The van der Waals surface area contributed by atoms with E-state index in [0.29, 0.717) is 5.54 Å². The fourth-order valence-electron chi connectivity index (χ4n) is 4.10. The summed E-state index contributed by atoms with van der Waals surface area (Å²) in [5, 5.41) is 2.22. The Labute approximate surface area is 107 Å². The van der Waals surface area contributed by atoms with Gasteiger partial charge in [0.2, 0.25) is 0 Å². The average molecular weight is 235 g/mol. The number of hydrogen-bond donors (Lipinski definition) is 1. The third kappa shape index (κ3) is 2.45. The third-order valence-corrected chi connectivity index (χ3v) is 5.44. The summed E-state index contributed by atoms with van der Waals surface area (Å²) in [5.41, 5.74) is 2.06. The summed E-state index contributed by atoms with van der Waals surface area (Å²) in [5.74, 6) is 3.48. The molecule has 0 heterocycles. The van der Waals surface area contributed by atoms with Gasteiger partial charge < -0.3 is 5.32 Å². The molecule has 0 saturated heterocycles. The van der Waals surface area contributed by atoms with Crippen LogP contribution in [0.2, 0.25) is 0 Å². The van der Waals surface area contributed by atoms with E-state index in [-0.39, 0.29) is 0 Å². The van der Waals surface area contributed by atoms with Crippen molar-refractivity contribution in [3.8, 4) is 0 Å². The zero-order valence-corrected chi connectivity index (χ0v) is 12.0. The Morgan fingerprint density at radius 3 is 2.76 bits per heavy atom. The Morgan fingerprint density at radius 2 is 2.18 bits per heavy atom. The zero-order chi connectivity index (χ0) is 12.6. The van der Waals surface area contributed by atoms with Crippen LogP contribution in [0.4, 0.5) is 0 Å². The molecule has 0 aromatic carbocycles. The molecule has 2 rings (SSSR count). The largest absolute Gasteiger partial charge is 0.474 e. The van der Waals surface area contributed by atoms with Crippen molar-refractivity contribution < 1.29 is 5.32 Å². The molecule has 0 aromatic heterocycles. The summed E-state index contributed by atoms with van der Waals surface area (Å²) in [6.45, 7) is 9.55. The molecule has 0 unspecified atom stereocenters. The van der Waals surface area contributed by atoms with Crippen molar-refractivity contribution >= 4 is 0 Å². The molecule has 2 aliphatic rings. The number of quaternary nitrogens is 1. The Hall–Kier alpha value is -0.300. The maximum atomic E-state index is 4.07. The van der Waals surface area contributed by atoms with E-state index in [4.69, 9.17) is 0 Å². The van der Waals surface area contributed by atoms with Crippen molar-refractivity contribution in [1.82, 2.24) is 0 Å². The van der Waals surface area contributed by atoms with Crippen LogP contribution in [0.1, 0.15) is 53.4 Å². The minimum Gasteiger partial charge on any atom is -0.474 e. The lowest BCUT2D eigenvalue weighted by molar-refractivity contribution is -0.678. The van der Waals surface area contributed by atoms with Crippen LogP contribution in [0.3, 0.4) is 0 Å². The van der Waals surface area contributed by atoms with E-state index >= 15 is 0 Å². The van der Waals surface area contributed by atoms with Crippen LogP contribution in [0.5, 0.6) is 0 Å². The van der Waals surface area contributed by atoms with Crippen molar-refractivity contribution in [1.29, 1.82) is 0 Å². The maximum Gasteiger partial charge on any atom is 0.0698 e. The lowest BCUT2D eigenvalue weighted by atomic mass is 9.59. The van der Waals surface area contributed by atoms with Crippen molar-refractivity contribution in [3.05, 3.63) is 18.7 Å². The molecule has 0 spiro atoms. The Bertz CT molecular complexity index is 305. The van der Waals surface area contributed by atoms with Gasteiger partial charge in [0, 0.05) is 12.8 Å². The van der Waals surface area contributed by atoms with Crippen molar-refractivity contribution in [2.75, 3.05) is 0 Å². The van der Waals surface area contributed by atoms with Gasteiger partial charge in [-0.1, -0.05) is 25.5 Å². The molecule has 0 aromatic rings. The average Bonchev–Trinajstić information content (AvgIpc) is 2.29. The molecule has 0 amide bonds. The van der Waals surface area contributed by atoms with Crippen molar-refractivity contribution in [2.45, 2.75) is 58.9 Å². The molecular formula is C16H29N. The molecule has 17 heavy (non-hydrogen) atoms. The maximum absolute atomic E-state index is 4.07. The van der Waals surface area contributed by atoms with Crippen LogP contribution in [-0.4, -0.2) is 5.54 Å². The first-order chi connectivity index (χ1) is 7.97. The summed E-state index contributed by atoms with van der Waals surface area (Å²) >= 11 is 0. The topological polar surface area (TPSA) is 16.6 Å². The van der Waals surface area contributed by atoms with Crippen LogP contribution in [0.25, 0.3) is 0 Å². The Balaban J connectivity index is 2.21. The predicted molar refractivity (Wildman–Crippen MR) is 73.2 cm³/mol. The van der Waals surface area contributed by atoms with Crippen molar-refractivity contribution in [3.63, 3.8) is 0 Å². The van der Waals surface area contributed by atoms with Crippen LogP contribution in [0, 0.1) is 30.7 Å². The quantitative estimate of drug-likeness (QED) is 0.559. The first-order valence-corrected chi connectivity index (χ1v) is 7.27. The van der Waals surface area contributed by atoms with E-state index in [1.807, 2.05) is 0 Å². The number of rotatable bonds is 2. The highest BCUT2D eigenvalue weighted by Crippen LogP contribution is 2.48. The minimum atomic E-state index is 0.395. The summed E-state index contributed by atoms with van der Waals surface area (Å²) in [4.78, 5) is 0. The molecule has 98 valence electrons. The lowest BCUT2D eigenvalue weighted by Gasteiger charge is -2.48. The van der Waals surface area contributed by atoms with Crippen LogP contribution in [0.15, 0.2) is 11.6 Å². The molecule has 1 nitrogen and oxygen atoms in total. The molecule has 1 heteroatoms. The second-order valence-corrected chi connectivity index (χ2v) is 6.96.